The summed E-state index contributed by atoms with van der Waals surface area (Å²) in [6.07, 6.45) is 15.7. The van der Waals surface area contributed by atoms with Crippen LogP contribution in [0.15, 0.2) is 24.0 Å². The summed E-state index contributed by atoms with van der Waals surface area (Å²) in [5, 5.41) is 9.40. The molecule has 1 rings (SSSR count). The zero-order valence-corrected chi connectivity index (χ0v) is 12.2. The quantitative estimate of drug-likeness (QED) is 0.737. The lowest BCUT2D eigenvalue weighted by Gasteiger charge is -2.02. The number of hydrogen-bond acceptors (Lipinski definition) is 2. The van der Waals surface area contributed by atoms with E-state index < -0.39 is 0 Å². The molecule has 1 N–H and O–H groups in total. The first-order chi connectivity index (χ1) is 8.81. The predicted molar refractivity (Wildman–Crippen MR) is 79.0 cm³/mol. The first-order valence-electron chi connectivity index (χ1n) is 7.43. The molecule has 2 nitrogen and oxygen atoms in total. The Bertz CT molecular complexity index is 217. The van der Waals surface area contributed by atoms with Crippen LogP contribution in [0, 0.1) is 0 Å². The van der Waals surface area contributed by atoms with E-state index >= 15 is 0 Å². The molecule has 0 aromatic rings. The van der Waals surface area contributed by atoms with Crippen molar-refractivity contribution in [2.75, 3.05) is 13.2 Å². The summed E-state index contributed by atoms with van der Waals surface area (Å²) in [6.45, 7) is 5.67. The van der Waals surface area contributed by atoms with Gasteiger partial charge in [0.2, 0.25) is 0 Å². The molecule has 0 atom stereocenters. The predicted octanol–water partition coefficient (Wildman–Crippen LogP) is 5.16. The number of aliphatic hydroxyl groups excluding tert-OH is 1. The number of aliphatic hydroxyl groups is 1. The molecule has 2 heteroatoms. The van der Waals surface area contributed by atoms with Crippen LogP contribution in [0.3, 0.4) is 0 Å². The second-order valence-electron chi connectivity index (χ2n) is 4.53. The van der Waals surface area contributed by atoms with Crippen LogP contribution < -0.4 is 0 Å². The van der Waals surface area contributed by atoms with Crippen molar-refractivity contribution in [2.45, 2.75) is 65.2 Å². The van der Waals surface area contributed by atoms with Crippen LogP contribution in [0.5, 0.6) is 0 Å². The number of rotatable bonds is 2. The highest BCUT2D eigenvalue weighted by molar-refractivity contribution is 5.06. The van der Waals surface area contributed by atoms with Gasteiger partial charge in [0.15, 0.2) is 0 Å². The Kier molecular flexibility index (Phi) is 13.7. The van der Waals surface area contributed by atoms with Crippen molar-refractivity contribution in [2.24, 2.45) is 0 Å². The van der Waals surface area contributed by atoms with E-state index in [2.05, 4.69) is 6.08 Å². The molecule has 0 fully saturated rings. The SMILES string of the molecule is CCOCC.O/C1=C\C=C/CCCCCCCC1. The van der Waals surface area contributed by atoms with Crippen molar-refractivity contribution >= 4 is 0 Å². The maximum absolute atomic E-state index is 9.40. The van der Waals surface area contributed by atoms with Gasteiger partial charge >= 0.3 is 0 Å². The molecular weight excluding hydrogens is 224 g/mol. The summed E-state index contributed by atoms with van der Waals surface area (Å²) in [6, 6.07) is 0. The third-order valence-corrected chi connectivity index (χ3v) is 2.89. The molecule has 0 bridgehead atoms. The van der Waals surface area contributed by atoms with E-state index in [1.807, 2.05) is 26.0 Å². The molecule has 0 saturated carbocycles. The van der Waals surface area contributed by atoms with E-state index in [4.69, 9.17) is 4.74 Å². The Morgan fingerprint density at radius 1 is 1.00 bits per heavy atom. The molecule has 1 aliphatic rings. The summed E-state index contributed by atoms with van der Waals surface area (Å²) < 4.78 is 4.83. The van der Waals surface area contributed by atoms with E-state index in [9.17, 15) is 5.11 Å². The molecule has 0 unspecified atom stereocenters. The van der Waals surface area contributed by atoms with Crippen LogP contribution in [-0.2, 0) is 4.74 Å². The Balaban J connectivity index is 0.000000494. The van der Waals surface area contributed by atoms with E-state index in [0.717, 1.165) is 32.5 Å². The van der Waals surface area contributed by atoms with Crippen LogP contribution in [0.2, 0.25) is 0 Å². The molecule has 106 valence electrons. The van der Waals surface area contributed by atoms with E-state index in [1.54, 1.807) is 0 Å². The second kappa shape index (κ2) is 14.3. The van der Waals surface area contributed by atoms with Crippen molar-refractivity contribution in [1.82, 2.24) is 0 Å². The monoisotopic (exact) mass is 254 g/mol. The van der Waals surface area contributed by atoms with Crippen molar-refractivity contribution in [1.29, 1.82) is 0 Å². The number of ether oxygens (including phenoxy) is 1. The first kappa shape index (κ1) is 17.2. The fraction of sp³-hybridized carbons (Fsp3) is 0.750. The van der Waals surface area contributed by atoms with Crippen LogP contribution in [0.4, 0.5) is 0 Å². The van der Waals surface area contributed by atoms with E-state index in [1.165, 1.54) is 32.1 Å². The number of allylic oxidation sites excluding steroid dienone is 4. The zero-order chi connectivity index (χ0) is 13.5. The number of hydrogen-bond donors (Lipinski definition) is 1. The summed E-state index contributed by atoms with van der Waals surface area (Å²) in [5.74, 6) is 0.539. The lowest BCUT2D eigenvalue weighted by atomic mass is 10.1. The fourth-order valence-electron chi connectivity index (χ4n) is 1.84. The van der Waals surface area contributed by atoms with Crippen molar-refractivity contribution in [3.05, 3.63) is 24.0 Å². The van der Waals surface area contributed by atoms with Crippen LogP contribution >= 0.6 is 0 Å². The Hall–Kier alpha value is -0.760. The van der Waals surface area contributed by atoms with Crippen molar-refractivity contribution < 1.29 is 9.84 Å². The molecule has 0 spiro atoms. The van der Waals surface area contributed by atoms with Gasteiger partial charge in [0.25, 0.3) is 0 Å². The minimum absolute atomic E-state index is 0.539. The van der Waals surface area contributed by atoms with Gasteiger partial charge in [0, 0.05) is 19.6 Å². The Labute approximate surface area is 113 Å². The van der Waals surface area contributed by atoms with Gasteiger partial charge in [0.05, 0.1) is 5.76 Å². The third-order valence-electron chi connectivity index (χ3n) is 2.89. The van der Waals surface area contributed by atoms with Gasteiger partial charge < -0.3 is 9.84 Å². The average Bonchev–Trinajstić information content (AvgIpc) is 2.35. The molecule has 0 amide bonds. The minimum atomic E-state index is 0.539. The van der Waals surface area contributed by atoms with Gasteiger partial charge in [-0.25, -0.2) is 0 Å². The Morgan fingerprint density at radius 2 is 1.61 bits per heavy atom. The van der Waals surface area contributed by atoms with Gasteiger partial charge in [-0.15, -0.1) is 0 Å². The summed E-state index contributed by atoms with van der Waals surface area (Å²) in [7, 11) is 0. The molecule has 0 heterocycles. The van der Waals surface area contributed by atoms with E-state index in [-0.39, 0.29) is 0 Å². The molecule has 18 heavy (non-hydrogen) atoms. The molecule has 0 saturated heterocycles. The van der Waals surface area contributed by atoms with Crippen LogP contribution in [0.1, 0.15) is 65.2 Å². The highest BCUT2D eigenvalue weighted by Crippen LogP contribution is 2.12. The fourth-order valence-corrected chi connectivity index (χ4v) is 1.84. The molecule has 1 aliphatic carbocycles. The largest absolute Gasteiger partial charge is 0.512 e. The molecule has 0 aromatic carbocycles. The summed E-state index contributed by atoms with van der Waals surface area (Å²) in [5.41, 5.74) is 0. The molecule has 0 aromatic heterocycles. The maximum atomic E-state index is 9.40. The van der Waals surface area contributed by atoms with E-state index in [0.29, 0.717) is 5.76 Å². The maximum Gasteiger partial charge on any atom is 0.0922 e. The van der Waals surface area contributed by atoms with Crippen molar-refractivity contribution in [3.8, 4) is 0 Å². The van der Waals surface area contributed by atoms with Gasteiger partial charge in [-0.1, -0.05) is 37.8 Å². The molecule has 0 aliphatic heterocycles. The first-order valence-corrected chi connectivity index (χ1v) is 7.43. The van der Waals surface area contributed by atoms with Gasteiger partial charge in [-0.3, -0.25) is 0 Å². The lowest BCUT2D eigenvalue weighted by molar-refractivity contribution is 0.162. The van der Waals surface area contributed by atoms with Crippen LogP contribution in [-0.4, -0.2) is 18.3 Å². The standard InChI is InChI=1S/C12H20O.C4H10O/c13-12-10-8-6-4-2-1-3-5-7-9-11-12;1-3-5-4-2/h6,8,10,13H,1-5,7,9,11H2;3-4H2,1-2H3/b8-6-,12-10-;. The average molecular weight is 254 g/mol. The van der Waals surface area contributed by atoms with Crippen molar-refractivity contribution in [3.63, 3.8) is 0 Å². The molecule has 0 radical (unpaired) electrons. The minimum Gasteiger partial charge on any atom is -0.512 e. The highest BCUT2D eigenvalue weighted by Gasteiger charge is 1.95. The summed E-state index contributed by atoms with van der Waals surface area (Å²) >= 11 is 0. The van der Waals surface area contributed by atoms with Gasteiger partial charge in [-0.2, -0.15) is 0 Å². The molecular formula is C16H30O2. The smallest absolute Gasteiger partial charge is 0.0922 e. The van der Waals surface area contributed by atoms with Gasteiger partial charge in [-0.05, 0) is 39.2 Å². The highest BCUT2D eigenvalue weighted by atomic mass is 16.5. The lowest BCUT2D eigenvalue weighted by Crippen LogP contribution is -1.85. The zero-order valence-electron chi connectivity index (χ0n) is 12.2. The topological polar surface area (TPSA) is 29.5 Å². The Morgan fingerprint density at radius 3 is 2.22 bits per heavy atom. The second-order valence-corrected chi connectivity index (χ2v) is 4.53. The van der Waals surface area contributed by atoms with Gasteiger partial charge in [0.1, 0.15) is 0 Å². The third kappa shape index (κ3) is 13.3. The van der Waals surface area contributed by atoms with Crippen LogP contribution in [0.25, 0.3) is 0 Å². The summed E-state index contributed by atoms with van der Waals surface area (Å²) in [4.78, 5) is 0. The normalized spacial score (nSPS) is 22.4.